The molecule has 9 rings (SSSR count). The number of rotatable bonds is 2. The minimum Gasteiger partial charge on any atom is -0.359 e. The van der Waals surface area contributed by atoms with Crippen LogP contribution in [0.15, 0.2) is 60.0 Å². The van der Waals surface area contributed by atoms with Gasteiger partial charge in [0.15, 0.2) is 0 Å². The Morgan fingerprint density at radius 3 is 2.65 bits per heavy atom. The SMILES string of the molecule is C[C@]12CC=C3C=C4CC[C@@H](N5C6CCC5CC6)C[C@]45CC[C@]3(O5)[C@@H]1CC[C@@H]2c1ccc2ccncc2c1. The fourth-order valence-corrected chi connectivity index (χ4v) is 11.1. The number of hydrogen-bond acceptors (Lipinski definition) is 3. The number of hydrogen-bond donors (Lipinski definition) is 0. The quantitative estimate of drug-likeness (QED) is 0.435. The molecule has 5 fully saturated rings. The molecule has 37 heavy (non-hydrogen) atoms. The number of allylic oxidation sites excluding steroid dienone is 1. The fraction of sp³-hybridized carbons (Fsp3) is 0.618. The maximum absolute atomic E-state index is 7.62. The Labute approximate surface area is 221 Å². The largest absolute Gasteiger partial charge is 0.359 e. The standard InChI is InChI=1S/C34H40N2O/c1-32-14-12-26-19-25-4-5-29(36-27-6-7-28(36)9-8-27)20-33(25)15-16-34(26,37-33)31(32)11-10-30(32)23-3-2-22-13-17-35-21-24(22)18-23/h2-3,12-13,17-19,21,27-31H,4-11,14-16,20H2,1H3/t27?,28?,29-,30-,31-,32-,33-,34-/m1/s1. The van der Waals surface area contributed by atoms with E-state index >= 15 is 0 Å². The number of benzene rings is 1. The van der Waals surface area contributed by atoms with Gasteiger partial charge in [-0.3, -0.25) is 9.88 Å². The van der Waals surface area contributed by atoms with Crippen molar-refractivity contribution in [3.05, 3.63) is 65.5 Å². The highest BCUT2D eigenvalue weighted by atomic mass is 16.5. The van der Waals surface area contributed by atoms with Crippen LogP contribution in [-0.2, 0) is 4.74 Å². The first-order valence-corrected chi connectivity index (χ1v) is 15.3. The van der Waals surface area contributed by atoms with Gasteiger partial charge in [0.1, 0.15) is 0 Å². The first-order chi connectivity index (χ1) is 18.1. The van der Waals surface area contributed by atoms with Crippen LogP contribution < -0.4 is 0 Å². The Morgan fingerprint density at radius 2 is 1.78 bits per heavy atom. The molecule has 2 aromatic rings. The van der Waals surface area contributed by atoms with Crippen LogP contribution in [0.3, 0.4) is 0 Å². The van der Waals surface area contributed by atoms with Crippen molar-refractivity contribution in [2.45, 2.75) is 119 Å². The molecule has 0 unspecified atom stereocenters. The molecule has 4 bridgehead atoms. The molecule has 5 heterocycles. The van der Waals surface area contributed by atoms with Gasteiger partial charge in [-0.15, -0.1) is 0 Å². The highest BCUT2D eigenvalue weighted by Gasteiger charge is 2.67. The smallest absolute Gasteiger partial charge is 0.0974 e. The molecule has 6 atom stereocenters. The molecular weight excluding hydrogens is 452 g/mol. The van der Waals surface area contributed by atoms with Crippen LogP contribution >= 0.6 is 0 Å². The Morgan fingerprint density at radius 1 is 0.919 bits per heavy atom. The first-order valence-electron chi connectivity index (χ1n) is 15.3. The average molecular weight is 493 g/mol. The van der Waals surface area contributed by atoms with Crippen molar-refractivity contribution in [1.82, 2.24) is 9.88 Å². The van der Waals surface area contributed by atoms with Gasteiger partial charge in [-0.25, -0.2) is 0 Å². The fourth-order valence-electron chi connectivity index (χ4n) is 11.1. The van der Waals surface area contributed by atoms with Gasteiger partial charge in [-0.05, 0) is 129 Å². The molecule has 1 aromatic heterocycles. The van der Waals surface area contributed by atoms with Crippen LogP contribution in [0.2, 0.25) is 0 Å². The number of aromatic nitrogens is 1. The molecule has 0 amide bonds. The van der Waals surface area contributed by atoms with Crippen molar-refractivity contribution in [2.24, 2.45) is 11.3 Å². The lowest BCUT2D eigenvalue weighted by Gasteiger charge is -2.55. The predicted molar refractivity (Wildman–Crippen MR) is 147 cm³/mol. The molecule has 3 aliphatic carbocycles. The van der Waals surface area contributed by atoms with Gasteiger partial charge in [-0.2, -0.15) is 0 Å². The minimum atomic E-state index is -0.0461. The van der Waals surface area contributed by atoms with Crippen LogP contribution in [-0.4, -0.2) is 39.2 Å². The third-order valence-corrected chi connectivity index (χ3v) is 12.7. The van der Waals surface area contributed by atoms with Crippen LogP contribution in [0.5, 0.6) is 0 Å². The van der Waals surface area contributed by atoms with E-state index in [2.05, 4.69) is 53.2 Å². The van der Waals surface area contributed by atoms with Gasteiger partial charge in [-0.1, -0.05) is 31.2 Å². The lowest BCUT2D eigenvalue weighted by molar-refractivity contribution is -0.141. The molecule has 3 nitrogen and oxygen atoms in total. The summed E-state index contributed by atoms with van der Waals surface area (Å²) in [6.45, 7) is 2.60. The van der Waals surface area contributed by atoms with Gasteiger partial charge in [0.2, 0.25) is 0 Å². The van der Waals surface area contributed by atoms with Crippen molar-refractivity contribution in [2.75, 3.05) is 0 Å². The number of nitrogens with zero attached hydrogens (tertiary/aromatic N) is 2. The zero-order valence-electron chi connectivity index (χ0n) is 22.3. The molecule has 0 radical (unpaired) electrons. The van der Waals surface area contributed by atoms with E-state index in [1.807, 2.05) is 12.4 Å². The van der Waals surface area contributed by atoms with E-state index < -0.39 is 0 Å². The molecule has 1 aromatic carbocycles. The second-order valence-electron chi connectivity index (χ2n) is 14.0. The summed E-state index contributed by atoms with van der Waals surface area (Å²) in [6.07, 6.45) is 25.1. The normalized spacial score (nSPS) is 45.9. The van der Waals surface area contributed by atoms with E-state index in [1.54, 1.807) is 11.1 Å². The summed E-state index contributed by atoms with van der Waals surface area (Å²) in [4.78, 5) is 7.39. The van der Waals surface area contributed by atoms with E-state index in [-0.39, 0.29) is 16.6 Å². The molecule has 2 spiro atoms. The van der Waals surface area contributed by atoms with Crippen molar-refractivity contribution >= 4 is 10.8 Å². The Hall–Kier alpha value is -1.97. The second-order valence-corrected chi connectivity index (χ2v) is 14.0. The predicted octanol–water partition coefficient (Wildman–Crippen LogP) is 7.47. The summed E-state index contributed by atoms with van der Waals surface area (Å²) in [6, 6.07) is 11.8. The van der Waals surface area contributed by atoms with Crippen LogP contribution in [0, 0.1) is 11.3 Å². The topological polar surface area (TPSA) is 25.4 Å². The van der Waals surface area contributed by atoms with Crippen molar-refractivity contribution in [3.63, 3.8) is 0 Å². The molecule has 0 N–H and O–H groups in total. The molecule has 3 heteroatoms. The Bertz CT molecular complexity index is 1340. The van der Waals surface area contributed by atoms with Crippen LogP contribution in [0.1, 0.15) is 95.5 Å². The second kappa shape index (κ2) is 7.36. The van der Waals surface area contributed by atoms with Gasteiger partial charge in [0.05, 0.1) is 11.2 Å². The van der Waals surface area contributed by atoms with Crippen LogP contribution in [0.25, 0.3) is 10.8 Å². The van der Waals surface area contributed by atoms with E-state index in [4.69, 9.17) is 4.74 Å². The van der Waals surface area contributed by atoms with Crippen LogP contribution in [0.4, 0.5) is 0 Å². The average Bonchev–Trinajstić information content (AvgIpc) is 3.68. The van der Waals surface area contributed by atoms with Gasteiger partial charge in [0.25, 0.3) is 0 Å². The summed E-state index contributed by atoms with van der Waals surface area (Å²) in [7, 11) is 0. The zero-order chi connectivity index (χ0) is 24.4. The Kier molecular flexibility index (Phi) is 4.36. The minimum absolute atomic E-state index is 0.0211. The molecule has 2 saturated carbocycles. The maximum atomic E-state index is 7.62. The van der Waals surface area contributed by atoms with Gasteiger partial charge < -0.3 is 4.74 Å². The monoisotopic (exact) mass is 492 g/mol. The number of ether oxygens (including phenoxy) is 1. The van der Waals surface area contributed by atoms with Crippen molar-refractivity contribution in [1.29, 1.82) is 0 Å². The van der Waals surface area contributed by atoms with E-state index in [1.165, 1.54) is 93.4 Å². The number of pyridine rings is 1. The van der Waals surface area contributed by atoms with E-state index in [0.29, 0.717) is 11.8 Å². The van der Waals surface area contributed by atoms with Crippen molar-refractivity contribution in [3.8, 4) is 0 Å². The maximum Gasteiger partial charge on any atom is 0.0974 e. The lowest BCUT2D eigenvalue weighted by Crippen LogP contribution is -2.55. The Balaban J connectivity index is 1.06. The molecule has 192 valence electrons. The third kappa shape index (κ3) is 2.78. The van der Waals surface area contributed by atoms with E-state index in [9.17, 15) is 0 Å². The summed E-state index contributed by atoms with van der Waals surface area (Å²) >= 11 is 0. The van der Waals surface area contributed by atoms with Gasteiger partial charge in [0, 0.05) is 35.9 Å². The third-order valence-electron chi connectivity index (χ3n) is 12.7. The highest BCUT2D eigenvalue weighted by Crippen LogP contribution is 2.69. The summed E-state index contributed by atoms with van der Waals surface area (Å²) in [5.74, 6) is 1.22. The van der Waals surface area contributed by atoms with Gasteiger partial charge >= 0.3 is 0 Å². The summed E-state index contributed by atoms with van der Waals surface area (Å²) in [5.41, 5.74) is 4.96. The number of fused-ring (bicyclic) bond motifs is 4. The zero-order valence-corrected chi connectivity index (χ0v) is 22.3. The molecule has 7 aliphatic rings. The van der Waals surface area contributed by atoms with Crippen molar-refractivity contribution < 1.29 is 4.74 Å². The highest BCUT2D eigenvalue weighted by molar-refractivity contribution is 5.82. The lowest BCUT2D eigenvalue weighted by atomic mass is 9.58. The summed E-state index contributed by atoms with van der Waals surface area (Å²) < 4.78 is 7.62. The van der Waals surface area contributed by atoms with E-state index in [0.717, 1.165) is 18.1 Å². The molecular formula is C34H40N2O. The molecule has 4 aliphatic heterocycles. The summed E-state index contributed by atoms with van der Waals surface area (Å²) in [5, 5.41) is 2.58. The molecule has 3 saturated heterocycles. The first kappa shape index (κ1) is 21.9.